The van der Waals surface area contributed by atoms with Gasteiger partial charge >= 0.3 is 0 Å². The van der Waals surface area contributed by atoms with Crippen LogP contribution in [-0.2, 0) is 6.42 Å². The Morgan fingerprint density at radius 1 is 1.20 bits per heavy atom. The predicted octanol–water partition coefficient (Wildman–Crippen LogP) is 4.94. The zero-order valence-corrected chi connectivity index (χ0v) is 12.9. The minimum absolute atomic E-state index is 0.0790. The molecule has 0 radical (unpaired) electrons. The zero-order valence-electron chi connectivity index (χ0n) is 11.3. The Hall–Kier alpha value is -1.35. The van der Waals surface area contributed by atoms with Gasteiger partial charge in [0.2, 0.25) is 0 Å². The summed E-state index contributed by atoms with van der Waals surface area (Å²) in [4.78, 5) is 0.0790. The molecule has 3 heteroatoms. The second kappa shape index (κ2) is 5.57. The van der Waals surface area contributed by atoms with Crippen LogP contribution in [0.5, 0.6) is 5.75 Å². The summed E-state index contributed by atoms with van der Waals surface area (Å²) < 4.78 is 18.8. The van der Waals surface area contributed by atoms with E-state index in [1.807, 2.05) is 19.1 Å². The highest BCUT2D eigenvalue weighted by atomic mass is 79.9. The molecule has 3 rings (SSSR count). The lowest BCUT2D eigenvalue weighted by atomic mass is 9.97. The quantitative estimate of drug-likeness (QED) is 0.706. The molecule has 0 aromatic heterocycles. The van der Waals surface area contributed by atoms with Crippen LogP contribution in [0, 0.1) is 12.7 Å². The molecule has 0 bridgehead atoms. The van der Waals surface area contributed by atoms with E-state index in [0.29, 0.717) is 0 Å². The van der Waals surface area contributed by atoms with Gasteiger partial charge in [0.05, 0.1) is 11.4 Å². The maximum Gasteiger partial charge on any atom is 0.123 e. The van der Waals surface area contributed by atoms with Crippen LogP contribution >= 0.6 is 15.9 Å². The van der Waals surface area contributed by atoms with Crippen LogP contribution in [0.25, 0.3) is 0 Å². The van der Waals surface area contributed by atoms with Gasteiger partial charge in [0.1, 0.15) is 11.6 Å². The largest absolute Gasteiger partial charge is 0.493 e. The topological polar surface area (TPSA) is 9.23 Å². The predicted molar refractivity (Wildman–Crippen MR) is 82.2 cm³/mol. The molecular weight excluding hydrogens is 319 g/mol. The summed E-state index contributed by atoms with van der Waals surface area (Å²) in [6.45, 7) is 2.75. The molecule has 104 valence electrons. The Labute approximate surface area is 126 Å². The number of fused-ring (bicyclic) bond motifs is 1. The molecule has 0 spiro atoms. The first-order valence-electron chi connectivity index (χ1n) is 6.81. The van der Waals surface area contributed by atoms with Crippen LogP contribution in [-0.4, -0.2) is 6.61 Å². The molecule has 0 fully saturated rings. The number of alkyl halides is 1. The Kier molecular flexibility index (Phi) is 3.79. The van der Waals surface area contributed by atoms with Crippen molar-refractivity contribution in [2.75, 3.05) is 6.61 Å². The molecule has 20 heavy (non-hydrogen) atoms. The molecule has 1 heterocycles. The van der Waals surface area contributed by atoms with Gasteiger partial charge in [-0.3, -0.25) is 0 Å². The highest BCUT2D eigenvalue weighted by Gasteiger charge is 2.17. The highest BCUT2D eigenvalue weighted by molar-refractivity contribution is 9.09. The van der Waals surface area contributed by atoms with E-state index < -0.39 is 0 Å². The van der Waals surface area contributed by atoms with Crippen LogP contribution in [0.4, 0.5) is 4.39 Å². The highest BCUT2D eigenvalue weighted by Crippen LogP contribution is 2.36. The summed E-state index contributed by atoms with van der Waals surface area (Å²) >= 11 is 3.73. The van der Waals surface area contributed by atoms with E-state index in [9.17, 15) is 4.39 Å². The summed E-state index contributed by atoms with van der Waals surface area (Å²) in [5.74, 6) is 0.806. The lowest BCUT2D eigenvalue weighted by Crippen LogP contribution is -2.09. The lowest BCUT2D eigenvalue weighted by molar-refractivity contribution is 0.288. The number of aryl methyl sites for hydroxylation is 2. The fraction of sp³-hybridized carbons (Fsp3) is 0.294. The number of halogens is 2. The van der Waals surface area contributed by atoms with Gasteiger partial charge in [0.15, 0.2) is 0 Å². The molecule has 1 nitrogen and oxygen atoms in total. The molecule has 1 atom stereocenters. The third kappa shape index (κ3) is 2.59. The van der Waals surface area contributed by atoms with Crippen LogP contribution in [0.15, 0.2) is 36.4 Å². The molecule has 1 unspecified atom stereocenters. The average Bonchev–Trinajstić information content (AvgIpc) is 2.46. The molecule has 2 aromatic carbocycles. The second-order valence-corrected chi connectivity index (χ2v) is 6.10. The standard InChI is InChI=1S/C17H16BrFO/c1-11-9-14(19)5-6-15(11)17(18)13-4-7-16-12(10-13)3-2-8-20-16/h4-7,9-10,17H,2-3,8H2,1H3. The van der Waals surface area contributed by atoms with Gasteiger partial charge in [-0.15, -0.1) is 0 Å². The van der Waals surface area contributed by atoms with Crippen molar-refractivity contribution in [2.24, 2.45) is 0 Å². The van der Waals surface area contributed by atoms with Crippen molar-refractivity contribution >= 4 is 15.9 Å². The van der Waals surface area contributed by atoms with Gasteiger partial charge in [0, 0.05) is 0 Å². The molecule has 0 saturated heterocycles. The molecule has 2 aromatic rings. The number of ether oxygens (including phenoxy) is 1. The first kappa shape index (κ1) is 13.6. The van der Waals surface area contributed by atoms with Crippen molar-refractivity contribution in [3.8, 4) is 5.75 Å². The molecule has 0 saturated carbocycles. The van der Waals surface area contributed by atoms with Crippen molar-refractivity contribution in [3.63, 3.8) is 0 Å². The van der Waals surface area contributed by atoms with Gasteiger partial charge in [-0.05, 0) is 60.2 Å². The van der Waals surface area contributed by atoms with Crippen LogP contribution in [0.1, 0.15) is 33.5 Å². The zero-order chi connectivity index (χ0) is 14.1. The van der Waals surface area contributed by atoms with E-state index in [1.165, 1.54) is 17.2 Å². The van der Waals surface area contributed by atoms with Crippen LogP contribution < -0.4 is 4.74 Å². The molecule has 0 amide bonds. The van der Waals surface area contributed by atoms with Gasteiger partial charge in [0.25, 0.3) is 0 Å². The first-order chi connectivity index (χ1) is 9.65. The van der Waals surface area contributed by atoms with E-state index in [-0.39, 0.29) is 10.6 Å². The van der Waals surface area contributed by atoms with Crippen molar-refractivity contribution in [2.45, 2.75) is 24.6 Å². The summed E-state index contributed by atoms with van der Waals surface area (Å²) in [6, 6.07) is 11.2. The fourth-order valence-electron chi connectivity index (χ4n) is 2.64. The molecule has 0 N–H and O–H groups in total. The van der Waals surface area contributed by atoms with Crippen molar-refractivity contribution in [1.82, 2.24) is 0 Å². The summed E-state index contributed by atoms with van der Waals surface area (Å²) in [7, 11) is 0. The monoisotopic (exact) mass is 334 g/mol. The van der Waals surface area contributed by atoms with Crippen molar-refractivity contribution in [3.05, 3.63) is 64.5 Å². The van der Waals surface area contributed by atoms with E-state index in [2.05, 4.69) is 28.1 Å². The van der Waals surface area contributed by atoms with E-state index in [0.717, 1.165) is 36.3 Å². The third-order valence-electron chi connectivity index (χ3n) is 3.73. The Morgan fingerprint density at radius 2 is 2.05 bits per heavy atom. The average molecular weight is 335 g/mol. The Morgan fingerprint density at radius 3 is 2.85 bits per heavy atom. The smallest absolute Gasteiger partial charge is 0.123 e. The SMILES string of the molecule is Cc1cc(F)ccc1C(Br)c1ccc2c(c1)CCCO2. The van der Waals surface area contributed by atoms with Gasteiger partial charge in [-0.1, -0.05) is 34.1 Å². The summed E-state index contributed by atoms with van der Waals surface area (Å²) in [5.41, 5.74) is 4.51. The minimum Gasteiger partial charge on any atom is -0.493 e. The number of hydrogen-bond donors (Lipinski definition) is 0. The molecule has 1 aliphatic heterocycles. The maximum absolute atomic E-state index is 13.2. The lowest BCUT2D eigenvalue weighted by Gasteiger charge is -2.20. The second-order valence-electron chi connectivity index (χ2n) is 5.18. The maximum atomic E-state index is 13.2. The van der Waals surface area contributed by atoms with Gasteiger partial charge in [-0.2, -0.15) is 0 Å². The third-order valence-corrected chi connectivity index (χ3v) is 4.75. The molecule has 0 aliphatic carbocycles. The van der Waals surface area contributed by atoms with Gasteiger partial charge in [-0.25, -0.2) is 4.39 Å². The van der Waals surface area contributed by atoms with Crippen LogP contribution in [0.3, 0.4) is 0 Å². The van der Waals surface area contributed by atoms with E-state index >= 15 is 0 Å². The van der Waals surface area contributed by atoms with E-state index in [1.54, 1.807) is 6.07 Å². The first-order valence-corrected chi connectivity index (χ1v) is 7.72. The minimum atomic E-state index is -0.190. The Bertz CT molecular complexity index is 639. The summed E-state index contributed by atoms with van der Waals surface area (Å²) in [5, 5.41) is 0. The summed E-state index contributed by atoms with van der Waals surface area (Å²) in [6.07, 6.45) is 2.13. The van der Waals surface area contributed by atoms with E-state index in [4.69, 9.17) is 4.74 Å². The van der Waals surface area contributed by atoms with Crippen molar-refractivity contribution in [1.29, 1.82) is 0 Å². The number of benzene rings is 2. The molecule has 1 aliphatic rings. The van der Waals surface area contributed by atoms with Crippen LogP contribution in [0.2, 0.25) is 0 Å². The van der Waals surface area contributed by atoms with Crippen molar-refractivity contribution < 1.29 is 9.13 Å². The number of hydrogen-bond acceptors (Lipinski definition) is 1. The van der Waals surface area contributed by atoms with Gasteiger partial charge < -0.3 is 4.74 Å². The fourth-order valence-corrected chi connectivity index (χ4v) is 3.44. The normalized spacial score (nSPS) is 15.3. The Balaban J connectivity index is 1.95. The number of rotatable bonds is 2. The molecular formula is C17H16BrFO.